The highest BCUT2D eigenvalue weighted by Gasteiger charge is 2.27. The SMILES string of the molecule is Cc1cc(C#N)ccc1N1c2ccccc2CC1C. The monoisotopic (exact) mass is 248 g/mol. The van der Waals surface area contributed by atoms with Crippen molar-refractivity contribution in [3.63, 3.8) is 0 Å². The zero-order valence-electron chi connectivity index (χ0n) is 11.2. The Bertz CT molecular complexity index is 667. The van der Waals surface area contributed by atoms with Gasteiger partial charge < -0.3 is 4.90 Å². The van der Waals surface area contributed by atoms with Gasteiger partial charge in [0.15, 0.2) is 0 Å². The van der Waals surface area contributed by atoms with Crippen LogP contribution >= 0.6 is 0 Å². The second kappa shape index (κ2) is 4.44. The first-order valence-corrected chi connectivity index (χ1v) is 6.58. The highest BCUT2D eigenvalue weighted by Crippen LogP contribution is 2.39. The minimum absolute atomic E-state index is 0.462. The molecule has 0 aromatic heterocycles. The molecule has 2 aromatic rings. The number of rotatable bonds is 1. The van der Waals surface area contributed by atoms with E-state index in [1.54, 1.807) is 0 Å². The van der Waals surface area contributed by atoms with Gasteiger partial charge in [0.25, 0.3) is 0 Å². The summed E-state index contributed by atoms with van der Waals surface area (Å²) < 4.78 is 0. The molecule has 19 heavy (non-hydrogen) atoms. The standard InChI is InChI=1S/C17H16N2/c1-12-9-14(11-18)7-8-16(12)19-13(2)10-15-5-3-4-6-17(15)19/h3-9,13H,10H2,1-2H3. The third-order valence-corrected chi connectivity index (χ3v) is 3.79. The highest BCUT2D eigenvalue weighted by atomic mass is 15.2. The van der Waals surface area contributed by atoms with Gasteiger partial charge in [-0.15, -0.1) is 0 Å². The van der Waals surface area contributed by atoms with Gasteiger partial charge in [0, 0.05) is 17.4 Å². The van der Waals surface area contributed by atoms with Crippen molar-refractivity contribution in [1.29, 1.82) is 5.26 Å². The van der Waals surface area contributed by atoms with Crippen molar-refractivity contribution in [3.8, 4) is 6.07 Å². The summed E-state index contributed by atoms with van der Waals surface area (Å²) >= 11 is 0. The molecule has 1 heterocycles. The van der Waals surface area contributed by atoms with Crippen LogP contribution in [0.2, 0.25) is 0 Å². The van der Waals surface area contributed by atoms with Crippen molar-refractivity contribution >= 4 is 11.4 Å². The molecule has 2 aromatic carbocycles. The van der Waals surface area contributed by atoms with Crippen LogP contribution in [-0.4, -0.2) is 6.04 Å². The summed E-state index contributed by atoms with van der Waals surface area (Å²) in [5.41, 5.74) is 5.78. The summed E-state index contributed by atoms with van der Waals surface area (Å²) in [4.78, 5) is 2.38. The van der Waals surface area contributed by atoms with Gasteiger partial charge in [0.05, 0.1) is 11.6 Å². The molecule has 1 aliphatic heterocycles. The Balaban J connectivity index is 2.10. The molecule has 94 valence electrons. The second-order valence-corrected chi connectivity index (χ2v) is 5.16. The fraction of sp³-hybridized carbons (Fsp3) is 0.235. The Kier molecular flexibility index (Phi) is 2.76. The summed E-state index contributed by atoms with van der Waals surface area (Å²) in [7, 11) is 0. The van der Waals surface area contributed by atoms with Crippen LogP contribution in [0.1, 0.15) is 23.6 Å². The van der Waals surface area contributed by atoms with Gasteiger partial charge in [-0.1, -0.05) is 18.2 Å². The minimum atomic E-state index is 0.462. The Morgan fingerprint density at radius 3 is 2.68 bits per heavy atom. The van der Waals surface area contributed by atoms with E-state index >= 15 is 0 Å². The normalized spacial score (nSPS) is 17.1. The fourth-order valence-corrected chi connectivity index (χ4v) is 2.93. The number of hydrogen-bond donors (Lipinski definition) is 0. The molecular weight excluding hydrogens is 232 g/mol. The van der Waals surface area contributed by atoms with Crippen LogP contribution in [0.4, 0.5) is 11.4 Å². The summed E-state index contributed by atoms with van der Waals surface area (Å²) in [6.07, 6.45) is 1.08. The first-order valence-electron chi connectivity index (χ1n) is 6.58. The Morgan fingerprint density at radius 1 is 1.16 bits per heavy atom. The third kappa shape index (κ3) is 1.88. The molecule has 0 saturated carbocycles. The number of hydrogen-bond acceptors (Lipinski definition) is 2. The molecule has 2 nitrogen and oxygen atoms in total. The zero-order chi connectivity index (χ0) is 13.4. The molecule has 0 N–H and O–H groups in total. The Labute approximate surface area is 113 Å². The van der Waals surface area contributed by atoms with Gasteiger partial charge in [0.2, 0.25) is 0 Å². The molecule has 0 amide bonds. The number of nitrogens with zero attached hydrogens (tertiary/aromatic N) is 2. The van der Waals surface area contributed by atoms with Crippen LogP contribution in [0.5, 0.6) is 0 Å². The molecule has 0 aliphatic carbocycles. The van der Waals surface area contributed by atoms with Gasteiger partial charge in [-0.25, -0.2) is 0 Å². The lowest BCUT2D eigenvalue weighted by Gasteiger charge is -2.26. The smallest absolute Gasteiger partial charge is 0.0991 e. The molecule has 0 fully saturated rings. The molecule has 3 rings (SSSR count). The van der Waals surface area contributed by atoms with Gasteiger partial charge in [0.1, 0.15) is 0 Å². The van der Waals surface area contributed by atoms with E-state index in [0.717, 1.165) is 17.5 Å². The first-order chi connectivity index (χ1) is 9.20. The van der Waals surface area contributed by atoms with E-state index in [1.165, 1.54) is 16.9 Å². The minimum Gasteiger partial charge on any atom is -0.338 e. The molecular formula is C17H16N2. The number of aryl methyl sites for hydroxylation is 1. The van der Waals surface area contributed by atoms with Crippen LogP contribution in [0.15, 0.2) is 42.5 Å². The molecule has 0 radical (unpaired) electrons. The predicted molar refractivity (Wildman–Crippen MR) is 77.6 cm³/mol. The Morgan fingerprint density at radius 2 is 1.95 bits per heavy atom. The summed E-state index contributed by atoms with van der Waals surface area (Å²) in [5.74, 6) is 0. The quantitative estimate of drug-likeness (QED) is 0.764. The van der Waals surface area contributed by atoms with E-state index in [4.69, 9.17) is 5.26 Å². The van der Waals surface area contributed by atoms with Crippen LogP contribution in [0.25, 0.3) is 0 Å². The van der Waals surface area contributed by atoms with Crippen molar-refractivity contribution in [2.45, 2.75) is 26.3 Å². The van der Waals surface area contributed by atoms with E-state index < -0.39 is 0 Å². The van der Waals surface area contributed by atoms with Gasteiger partial charge in [-0.05, 0) is 55.7 Å². The largest absolute Gasteiger partial charge is 0.338 e. The van der Waals surface area contributed by atoms with Crippen LogP contribution in [0.3, 0.4) is 0 Å². The molecule has 2 heteroatoms. The van der Waals surface area contributed by atoms with E-state index in [1.807, 2.05) is 12.1 Å². The molecule has 0 bridgehead atoms. The summed E-state index contributed by atoms with van der Waals surface area (Å²) in [6.45, 7) is 4.32. The van der Waals surface area contributed by atoms with Crippen molar-refractivity contribution in [2.75, 3.05) is 4.90 Å². The number of fused-ring (bicyclic) bond motifs is 1. The van der Waals surface area contributed by atoms with Crippen LogP contribution < -0.4 is 4.90 Å². The predicted octanol–water partition coefficient (Wildman–Crippen LogP) is 3.95. The van der Waals surface area contributed by atoms with Crippen molar-refractivity contribution in [2.24, 2.45) is 0 Å². The molecule has 1 atom stereocenters. The van der Waals surface area contributed by atoms with Crippen LogP contribution in [0, 0.1) is 18.3 Å². The maximum Gasteiger partial charge on any atom is 0.0991 e. The molecule has 1 aliphatic rings. The maximum absolute atomic E-state index is 8.96. The number of nitriles is 1. The lowest BCUT2D eigenvalue weighted by Crippen LogP contribution is -2.24. The highest BCUT2D eigenvalue weighted by molar-refractivity contribution is 5.73. The lowest BCUT2D eigenvalue weighted by molar-refractivity contribution is 0.757. The lowest BCUT2D eigenvalue weighted by atomic mass is 10.1. The zero-order valence-corrected chi connectivity index (χ0v) is 11.2. The summed E-state index contributed by atoms with van der Waals surface area (Å²) in [6, 6.07) is 17.1. The van der Waals surface area contributed by atoms with Crippen LogP contribution in [-0.2, 0) is 6.42 Å². The van der Waals surface area contributed by atoms with E-state index in [0.29, 0.717) is 6.04 Å². The van der Waals surface area contributed by atoms with Gasteiger partial charge in [-0.3, -0.25) is 0 Å². The topological polar surface area (TPSA) is 27.0 Å². The van der Waals surface area contributed by atoms with Crippen molar-refractivity contribution < 1.29 is 0 Å². The van der Waals surface area contributed by atoms with E-state index in [2.05, 4.69) is 55.1 Å². The molecule has 0 saturated heterocycles. The number of para-hydroxylation sites is 1. The van der Waals surface area contributed by atoms with Gasteiger partial charge in [-0.2, -0.15) is 5.26 Å². The summed E-state index contributed by atoms with van der Waals surface area (Å²) in [5, 5.41) is 8.96. The average molecular weight is 248 g/mol. The van der Waals surface area contributed by atoms with Gasteiger partial charge >= 0.3 is 0 Å². The fourth-order valence-electron chi connectivity index (χ4n) is 2.93. The maximum atomic E-state index is 8.96. The average Bonchev–Trinajstić information content (AvgIpc) is 2.75. The Hall–Kier alpha value is -2.27. The van der Waals surface area contributed by atoms with Crippen molar-refractivity contribution in [3.05, 3.63) is 59.2 Å². The number of anilines is 2. The third-order valence-electron chi connectivity index (χ3n) is 3.79. The molecule has 0 spiro atoms. The van der Waals surface area contributed by atoms with Crippen molar-refractivity contribution in [1.82, 2.24) is 0 Å². The first kappa shape index (κ1) is 11.8. The van der Waals surface area contributed by atoms with E-state index in [9.17, 15) is 0 Å². The van der Waals surface area contributed by atoms with E-state index in [-0.39, 0.29) is 0 Å². The number of benzene rings is 2. The molecule has 1 unspecified atom stereocenters. The second-order valence-electron chi connectivity index (χ2n) is 5.16.